The van der Waals surface area contributed by atoms with Crippen molar-refractivity contribution in [2.75, 3.05) is 37.5 Å². The normalized spacial score (nSPS) is 14.8. The average Bonchev–Trinajstić information content (AvgIpc) is 3.17. The molecule has 0 bridgehead atoms. The Balaban J connectivity index is 1.67. The minimum absolute atomic E-state index is 0.00880. The minimum Gasteiger partial charge on any atom is -0.378 e. The zero-order chi connectivity index (χ0) is 21.3. The summed E-state index contributed by atoms with van der Waals surface area (Å²) in [5.41, 5.74) is 3.15. The highest BCUT2D eigenvalue weighted by Gasteiger charge is 2.18. The van der Waals surface area contributed by atoms with E-state index in [0.29, 0.717) is 30.5 Å². The summed E-state index contributed by atoms with van der Waals surface area (Å²) in [6, 6.07) is 11.3. The van der Waals surface area contributed by atoms with Crippen LogP contribution in [0.1, 0.15) is 5.56 Å². The first-order valence-electron chi connectivity index (χ1n) is 9.29. The van der Waals surface area contributed by atoms with E-state index in [2.05, 4.69) is 9.88 Å². The minimum atomic E-state index is -3.63. The van der Waals surface area contributed by atoms with Crippen LogP contribution in [0.5, 0.6) is 0 Å². The third-order valence-electron chi connectivity index (χ3n) is 4.82. The number of anilines is 1. The number of thioether (sulfide) groups is 1. The van der Waals surface area contributed by atoms with Crippen LogP contribution in [0.2, 0.25) is 0 Å². The quantitative estimate of drug-likeness (QED) is 0.422. The highest BCUT2D eigenvalue weighted by Crippen LogP contribution is 2.30. The second-order valence-corrected chi connectivity index (χ2v) is 10.2. The maximum atomic E-state index is 11.5. The number of hydrogen-bond donors (Lipinski definition) is 3. The van der Waals surface area contributed by atoms with Gasteiger partial charge < -0.3 is 14.6 Å². The smallest absolute Gasteiger partial charge is 0.198 e. The number of hydrogen-bond acceptors (Lipinski definition) is 8. The Bertz CT molecular complexity index is 1230. The van der Waals surface area contributed by atoms with E-state index < -0.39 is 14.2 Å². The number of nitrogens with zero attached hydrogens (tertiary/aromatic N) is 2. The number of aromatic amines is 1. The molecular weight excluding hydrogens is 422 g/mol. The zero-order valence-corrected chi connectivity index (χ0v) is 17.9. The van der Waals surface area contributed by atoms with Crippen molar-refractivity contribution in [2.45, 2.75) is 0 Å². The summed E-state index contributed by atoms with van der Waals surface area (Å²) >= 11 is 0.628. The van der Waals surface area contributed by atoms with Crippen LogP contribution in [-0.2, 0) is 14.6 Å². The number of H-pyrrole nitrogens is 1. The van der Waals surface area contributed by atoms with Crippen molar-refractivity contribution in [1.82, 2.24) is 9.97 Å². The van der Waals surface area contributed by atoms with Gasteiger partial charge in [-0.1, -0.05) is 12.1 Å². The Kier molecular flexibility index (Phi) is 5.63. The van der Waals surface area contributed by atoms with Gasteiger partial charge in [-0.25, -0.2) is 13.4 Å². The predicted octanol–water partition coefficient (Wildman–Crippen LogP) is 3.10. The van der Waals surface area contributed by atoms with Crippen molar-refractivity contribution in [3.05, 3.63) is 48.2 Å². The number of rotatable bonds is 3. The molecule has 0 atom stereocenters. The second kappa shape index (κ2) is 8.21. The lowest BCUT2D eigenvalue weighted by atomic mass is 10.1. The molecule has 3 aromatic rings. The van der Waals surface area contributed by atoms with Gasteiger partial charge in [0.2, 0.25) is 0 Å². The monoisotopic (exact) mass is 443 g/mol. The van der Waals surface area contributed by atoms with Crippen LogP contribution in [0.3, 0.4) is 0 Å². The highest BCUT2D eigenvalue weighted by molar-refractivity contribution is 8.42. The first-order chi connectivity index (χ1) is 14.3. The van der Waals surface area contributed by atoms with E-state index in [9.17, 15) is 8.42 Å². The molecule has 156 valence electrons. The molecule has 0 spiro atoms. The van der Waals surface area contributed by atoms with E-state index in [1.807, 2.05) is 36.5 Å². The van der Waals surface area contributed by atoms with E-state index in [0.717, 1.165) is 47.3 Å². The van der Waals surface area contributed by atoms with Gasteiger partial charge >= 0.3 is 0 Å². The fraction of sp³-hybridized carbons (Fsp3) is 0.250. The number of aromatic nitrogens is 2. The molecule has 0 unspecified atom stereocenters. The van der Waals surface area contributed by atoms with E-state index in [-0.39, 0.29) is 5.04 Å². The Morgan fingerprint density at radius 3 is 2.70 bits per heavy atom. The molecule has 1 aliphatic rings. The van der Waals surface area contributed by atoms with E-state index in [1.165, 1.54) is 0 Å². The molecule has 1 aliphatic heterocycles. The SMILES string of the molecule is CS(=O)(=O)C(=N)SC(=N)c1ccc2[nH]cc(-c3cccc(N4CCOCC4)n3)c2c1. The van der Waals surface area contributed by atoms with Crippen molar-refractivity contribution >= 4 is 47.7 Å². The van der Waals surface area contributed by atoms with Crippen molar-refractivity contribution in [3.63, 3.8) is 0 Å². The van der Waals surface area contributed by atoms with E-state index >= 15 is 0 Å². The molecule has 10 heteroatoms. The zero-order valence-electron chi connectivity index (χ0n) is 16.3. The van der Waals surface area contributed by atoms with Crippen molar-refractivity contribution in [1.29, 1.82) is 10.8 Å². The number of ether oxygens (including phenoxy) is 1. The Labute approximate surface area is 178 Å². The van der Waals surface area contributed by atoms with Gasteiger partial charge in [-0.3, -0.25) is 10.8 Å². The first kappa shape index (κ1) is 20.6. The summed E-state index contributed by atoms with van der Waals surface area (Å²) in [4.78, 5) is 10.2. The van der Waals surface area contributed by atoms with Crippen LogP contribution in [0.15, 0.2) is 42.6 Å². The van der Waals surface area contributed by atoms with Crippen LogP contribution < -0.4 is 4.90 Å². The molecule has 8 nitrogen and oxygen atoms in total. The number of benzene rings is 1. The highest BCUT2D eigenvalue weighted by atomic mass is 32.3. The van der Waals surface area contributed by atoms with Gasteiger partial charge in [-0.05, 0) is 36.0 Å². The Morgan fingerprint density at radius 1 is 1.20 bits per heavy atom. The molecule has 0 aliphatic carbocycles. The van der Waals surface area contributed by atoms with Crippen LogP contribution in [0.4, 0.5) is 5.82 Å². The van der Waals surface area contributed by atoms with Gasteiger partial charge in [0.05, 0.1) is 18.9 Å². The van der Waals surface area contributed by atoms with E-state index in [1.54, 1.807) is 6.07 Å². The van der Waals surface area contributed by atoms with Gasteiger partial charge in [0.15, 0.2) is 14.2 Å². The molecular formula is C20H21N5O3S2. The fourth-order valence-electron chi connectivity index (χ4n) is 3.24. The molecule has 3 N–H and O–H groups in total. The number of pyridine rings is 1. The largest absolute Gasteiger partial charge is 0.378 e. The Morgan fingerprint density at radius 2 is 1.97 bits per heavy atom. The summed E-state index contributed by atoms with van der Waals surface area (Å²) < 4.78 is 27.9. The molecule has 4 rings (SSSR count). The Hall–Kier alpha value is -2.69. The first-order valence-corrected chi connectivity index (χ1v) is 12.0. The van der Waals surface area contributed by atoms with Crippen LogP contribution in [0, 0.1) is 10.8 Å². The molecule has 0 radical (unpaired) electrons. The van der Waals surface area contributed by atoms with Crippen molar-refractivity contribution in [2.24, 2.45) is 0 Å². The van der Waals surface area contributed by atoms with Crippen LogP contribution in [0.25, 0.3) is 22.2 Å². The van der Waals surface area contributed by atoms with Crippen molar-refractivity contribution in [3.8, 4) is 11.3 Å². The predicted molar refractivity (Wildman–Crippen MR) is 122 cm³/mol. The summed E-state index contributed by atoms with van der Waals surface area (Å²) in [5, 5.41) is 16.8. The van der Waals surface area contributed by atoms with E-state index in [4.69, 9.17) is 20.5 Å². The number of nitrogens with one attached hydrogen (secondary N) is 3. The van der Waals surface area contributed by atoms with Crippen LogP contribution >= 0.6 is 11.8 Å². The van der Waals surface area contributed by atoms with Crippen molar-refractivity contribution < 1.29 is 13.2 Å². The van der Waals surface area contributed by atoms with Gasteiger partial charge in [0.1, 0.15) is 10.9 Å². The third-order valence-corrected chi connectivity index (χ3v) is 7.28. The lowest BCUT2D eigenvalue weighted by molar-refractivity contribution is 0.122. The molecule has 0 saturated carbocycles. The summed E-state index contributed by atoms with van der Waals surface area (Å²) in [5.74, 6) is 0.895. The molecule has 1 fully saturated rings. The average molecular weight is 444 g/mol. The molecule has 0 amide bonds. The third kappa shape index (κ3) is 4.25. The summed E-state index contributed by atoms with van der Waals surface area (Å²) in [6.45, 7) is 2.97. The fourth-order valence-corrected chi connectivity index (χ4v) is 4.53. The van der Waals surface area contributed by atoms with Gasteiger partial charge in [0, 0.05) is 47.6 Å². The number of sulfone groups is 1. The number of morpholine rings is 1. The second-order valence-electron chi connectivity index (χ2n) is 6.93. The molecule has 1 aromatic carbocycles. The van der Waals surface area contributed by atoms with Gasteiger partial charge in [-0.15, -0.1) is 0 Å². The summed E-state index contributed by atoms with van der Waals surface area (Å²) in [6.07, 6.45) is 2.85. The van der Waals surface area contributed by atoms with Gasteiger partial charge in [0.25, 0.3) is 0 Å². The maximum Gasteiger partial charge on any atom is 0.198 e. The lowest BCUT2D eigenvalue weighted by Gasteiger charge is -2.28. The molecule has 3 heterocycles. The molecule has 30 heavy (non-hydrogen) atoms. The molecule has 2 aromatic heterocycles. The topological polar surface area (TPSA) is 123 Å². The molecule has 1 saturated heterocycles. The summed E-state index contributed by atoms with van der Waals surface area (Å²) in [7, 11) is -3.63. The standard InChI is InChI=1S/C20H21N5O3S2/c1-30(26,27)20(22)29-19(21)13-5-6-16-14(11-13)15(12-23-16)17-3-2-4-18(24-17)25-7-9-28-10-8-25/h2-6,11-12,21-23H,7-10H2,1H3. The van der Waals surface area contributed by atoms with Crippen LogP contribution in [-0.4, -0.2) is 60.4 Å². The number of fused-ring (bicyclic) bond motifs is 1. The van der Waals surface area contributed by atoms with Gasteiger partial charge in [-0.2, -0.15) is 0 Å². The maximum absolute atomic E-state index is 11.5. The lowest BCUT2D eigenvalue weighted by Crippen LogP contribution is -2.36.